The van der Waals surface area contributed by atoms with Crippen LogP contribution in [0.5, 0.6) is 0 Å². The van der Waals surface area contributed by atoms with Gasteiger partial charge in [-0.15, -0.1) is 0 Å². The number of aliphatic hydroxyl groups is 1. The minimum Gasteiger partial charge on any atom is -0.393 e. The Morgan fingerprint density at radius 3 is 2.86 bits per heavy atom. The Kier molecular flexibility index (Phi) is 3.10. The highest BCUT2D eigenvalue weighted by molar-refractivity contribution is 5.43. The van der Waals surface area contributed by atoms with Crippen molar-refractivity contribution in [2.24, 2.45) is 17.3 Å². The van der Waals surface area contributed by atoms with Crippen molar-refractivity contribution in [1.82, 2.24) is 0 Å². The fourth-order valence-electron chi connectivity index (χ4n) is 5.68. The van der Waals surface area contributed by atoms with Crippen LogP contribution in [-0.2, 0) is 6.42 Å². The van der Waals surface area contributed by atoms with Gasteiger partial charge in [0.25, 0.3) is 0 Å². The molecule has 0 spiro atoms. The highest BCUT2D eigenvalue weighted by Crippen LogP contribution is 2.60. The Labute approximate surface area is 131 Å². The summed E-state index contributed by atoms with van der Waals surface area (Å²) in [7, 11) is 0. The predicted molar refractivity (Wildman–Crippen MR) is 81.7 cm³/mol. The largest absolute Gasteiger partial charge is 0.393 e. The molecule has 5 atom stereocenters. The molecule has 22 heavy (non-hydrogen) atoms. The molecule has 2 saturated carbocycles. The van der Waals surface area contributed by atoms with Crippen LogP contribution in [0.15, 0.2) is 12.1 Å². The lowest BCUT2D eigenvalue weighted by molar-refractivity contribution is -0.0227. The molecular formula is C19H22FNO. The van der Waals surface area contributed by atoms with Crippen LogP contribution in [0.4, 0.5) is 4.39 Å². The number of rotatable bonds is 0. The van der Waals surface area contributed by atoms with Gasteiger partial charge in [0.15, 0.2) is 0 Å². The molecule has 1 N–H and O–H groups in total. The fraction of sp³-hybridized carbons (Fsp3) is 0.632. The number of fused-ring (bicyclic) bond motifs is 5. The van der Waals surface area contributed by atoms with E-state index in [0.29, 0.717) is 17.8 Å². The molecule has 3 aliphatic carbocycles. The van der Waals surface area contributed by atoms with Gasteiger partial charge in [0.1, 0.15) is 11.9 Å². The van der Waals surface area contributed by atoms with Crippen molar-refractivity contribution in [3.63, 3.8) is 0 Å². The molecule has 4 unspecified atom stereocenters. The van der Waals surface area contributed by atoms with Crippen LogP contribution in [0.1, 0.15) is 61.6 Å². The Morgan fingerprint density at radius 1 is 1.27 bits per heavy atom. The summed E-state index contributed by atoms with van der Waals surface area (Å²) in [4.78, 5) is 0. The lowest BCUT2D eigenvalue weighted by Gasteiger charge is -2.50. The first-order chi connectivity index (χ1) is 10.6. The van der Waals surface area contributed by atoms with Gasteiger partial charge in [-0.3, -0.25) is 0 Å². The maximum atomic E-state index is 14.5. The summed E-state index contributed by atoms with van der Waals surface area (Å²) in [5.41, 5.74) is 2.15. The molecule has 1 aromatic carbocycles. The third-order valence-electron chi connectivity index (χ3n) is 6.91. The van der Waals surface area contributed by atoms with Crippen molar-refractivity contribution in [1.29, 1.82) is 5.26 Å². The number of nitrogens with zero attached hydrogens (tertiary/aromatic N) is 1. The minimum atomic E-state index is -0.293. The third kappa shape index (κ3) is 1.74. The molecule has 0 saturated heterocycles. The molecule has 0 aliphatic heterocycles. The zero-order valence-electron chi connectivity index (χ0n) is 13.0. The molecule has 1 aromatic rings. The van der Waals surface area contributed by atoms with Crippen molar-refractivity contribution in [3.05, 3.63) is 34.6 Å². The highest BCUT2D eigenvalue weighted by Gasteiger charge is 2.54. The highest BCUT2D eigenvalue weighted by atomic mass is 19.1. The van der Waals surface area contributed by atoms with E-state index in [9.17, 15) is 9.50 Å². The molecule has 0 heterocycles. The van der Waals surface area contributed by atoms with Crippen molar-refractivity contribution in [2.75, 3.05) is 0 Å². The monoisotopic (exact) mass is 299 g/mol. The van der Waals surface area contributed by atoms with Gasteiger partial charge >= 0.3 is 0 Å². The van der Waals surface area contributed by atoms with E-state index in [1.165, 1.54) is 0 Å². The molecule has 3 heteroatoms. The molecule has 0 radical (unpaired) electrons. The van der Waals surface area contributed by atoms with E-state index in [1.807, 2.05) is 12.1 Å². The van der Waals surface area contributed by atoms with Gasteiger partial charge in [0.05, 0.1) is 11.7 Å². The quantitative estimate of drug-likeness (QED) is 0.789. The Bertz CT molecular complexity index is 664. The fourth-order valence-corrected chi connectivity index (χ4v) is 5.68. The van der Waals surface area contributed by atoms with E-state index >= 15 is 0 Å². The lowest BCUT2D eigenvalue weighted by atomic mass is 9.55. The van der Waals surface area contributed by atoms with Gasteiger partial charge in [-0.25, -0.2) is 4.39 Å². The number of halogens is 1. The van der Waals surface area contributed by atoms with Crippen molar-refractivity contribution in [3.8, 4) is 6.07 Å². The van der Waals surface area contributed by atoms with E-state index in [4.69, 9.17) is 5.26 Å². The molecule has 3 aliphatic rings. The first kappa shape index (κ1) is 14.2. The van der Waals surface area contributed by atoms with Gasteiger partial charge in [0, 0.05) is 0 Å². The van der Waals surface area contributed by atoms with Crippen LogP contribution in [0.3, 0.4) is 0 Å². The van der Waals surface area contributed by atoms with Crippen LogP contribution in [0.2, 0.25) is 0 Å². The van der Waals surface area contributed by atoms with E-state index in [2.05, 4.69) is 6.92 Å². The number of hydrogen-bond acceptors (Lipinski definition) is 2. The van der Waals surface area contributed by atoms with Gasteiger partial charge in [-0.05, 0) is 78.9 Å². The zero-order chi connectivity index (χ0) is 15.5. The predicted octanol–water partition coefficient (Wildman–Crippen LogP) is 3.91. The summed E-state index contributed by atoms with van der Waals surface area (Å²) in [5.74, 6) is 1.25. The van der Waals surface area contributed by atoms with E-state index in [0.717, 1.165) is 49.7 Å². The SMILES string of the molecule is C[C@]12CCC3c4ccc(C#N)c(F)c4CCC3C1CCC2O. The van der Waals surface area contributed by atoms with Crippen LogP contribution in [0.25, 0.3) is 0 Å². The van der Waals surface area contributed by atoms with Gasteiger partial charge in [-0.2, -0.15) is 5.26 Å². The molecular weight excluding hydrogens is 277 g/mol. The zero-order valence-corrected chi connectivity index (χ0v) is 13.0. The number of benzene rings is 1. The average molecular weight is 299 g/mol. The van der Waals surface area contributed by atoms with Crippen molar-refractivity contribution < 1.29 is 9.50 Å². The second kappa shape index (κ2) is 4.80. The summed E-state index contributed by atoms with van der Waals surface area (Å²) in [6, 6.07) is 5.59. The van der Waals surface area contributed by atoms with Crippen LogP contribution in [-0.4, -0.2) is 11.2 Å². The lowest BCUT2D eigenvalue weighted by Crippen LogP contribution is -2.44. The van der Waals surface area contributed by atoms with Crippen LogP contribution < -0.4 is 0 Å². The minimum absolute atomic E-state index is 0.0593. The van der Waals surface area contributed by atoms with Crippen LogP contribution in [0, 0.1) is 34.4 Å². The maximum absolute atomic E-state index is 14.5. The third-order valence-corrected chi connectivity index (χ3v) is 6.91. The summed E-state index contributed by atoms with van der Waals surface area (Å²) in [6.07, 6.45) is 5.65. The summed E-state index contributed by atoms with van der Waals surface area (Å²) >= 11 is 0. The molecule has 0 bridgehead atoms. The van der Waals surface area contributed by atoms with Crippen molar-refractivity contribution in [2.45, 2.75) is 57.5 Å². The molecule has 0 aromatic heterocycles. The van der Waals surface area contributed by atoms with E-state index in [-0.39, 0.29) is 22.9 Å². The smallest absolute Gasteiger partial charge is 0.144 e. The topological polar surface area (TPSA) is 44.0 Å². The second-order valence-corrected chi connectivity index (χ2v) is 7.66. The average Bonchev–Trinajstić information content (AvgIpc) is 2.83. The van der Waals surface area contributed by atoms with E-state index in [1.54, 1.807) is 6.07 Å². The first-order valence-electron chi connectivity index (χ1n) is 8.45. The number of hydrogen-bond donors (Lipinski definition) is 1. The van der Waals surface area contributed by atoms with Gasteiger partial charge < -0.3 is 5.11 Å². The molecule has 2 nitrogen and oxygen atoms in total. The molecule has 4 rings (SSSR count). The normalized spacial score (nSPS) is 39.5. The Hall–Kier alpha value is -1.40. The maximum Gasteiger partial charge on any atom is 0.144 e. The van der Waals surface area contributed by atoms with Gasteiger partial charge in [0.2, 0.25) is 0 Å². The summed E-state index contributed by atoms with van der Waals surface area (Å²) < 4.78 is 14.5. The molecule has 0 amide bonds. The van der Waals surface area contributed by atoms with E-state index < -0.39 is 0 Å². The number of nitriles is 1. The van der Waals surface area contributed by atoms with Crippen molar-refractivity contribution >= 4 is 0 Å². The molecule has 2 fully saturated rings. The van der Waals surface area contributed by atoms with Gasteiger partial charge in [-0.1, -0.05) is 13.0 Å². The van der Waals surface area contributed by atoms with Crippen LogP contribution >= 0.6 is 0 Å². The molecule has 116 valence electrons. The summed E-state index contributed by atoms with van der Waals surface area (Å²) in [5, 5.41) is 19.4. The summed E-state index contributed by atoms with van der Waals surface area (Å²) in [6.45, 7) is 2.25. The Morgan fingerprint density at radius 2 is 2.09 bits per heavy atom. The number of aliphatic hydroxyl groups excluding tert-OH is 1. The second-order valence-electron chi connectivity index (χ2n) is 7.66. The Balaban J connectivity index is 1.74. The first-order valence-corrected chi connectivity index (χ1v) is 8.45. The standard InChI is InChI=1S/C19H22FNO/c1-19-9-8-13-12-3-2-11(10-21)18(20)15(12)5-4-14(13)16(19)6-7-17(19)22/h2-3,13-14,16-17,22H,4-9H2,1H3/t13?,14?,16?,17?,19-/m0/s1.